The van der Waals surface area contributed by atoms with Crippen LogP contribution in [-0.4, -0.2) is 15.9 Å². The van der Waals surface area contributed by atoms with Crippen LogP contribution in [-0.2, 0) is 0 Å². The van der Waals surface area contributed by atoms with Crippen LogP contribution in [0.2, 0.25) is 0 Å². The summed E-state index contributed by atoms with van der Waals surface area (Å²) in [6.45, 7) is 1.93. The number of nitrogens with zero attached hydrogens (tertiary/aromatic N) is 2. The van der Waals surface area contributed by atoms with Crippen molar-refractivity contribution in [1.29, 1.82) is 0 Å². The Morgan fingerprint density at radius 3 is 2.67 bits per heavy atom. The quantitative estimate of drug-likeness (QED) is 0.779. The maximum absolute atomic E-state index is 12.4. The number of anilines is 1. The molecule has 1 atom stereocenters. The van der Waals surface area contributed by atoms with Crippen LogP contribution in [0.5, 0.6) is 0 Å². The number of nitrogen functional groups attached to an aromatic ring is 1. The maximum Gasteiger partial charge on any atom is 0.263 e. The average molecular weight is 298 g/mol. The number of hydrogen-bond donors (Lipinski definition) is 2. The molecule has 106 valence electrons. The van der Waals surface area contributed by atoms with Crippen LogP contribution in [0.15, 0.2) is 43.0 Å². The summed E-state index contributed by atoms with van der Waals surface area (Å²) in [4.78, 5) is 21.0. The molecular formula is C15H14N4OS. The summed E-state index contributed by atoms with van der Waals surface area (Å²) < 4.78 is 0.914. The molecule has 0 saturated heterocycles. The highest BCUT2D eigenvalue weighted by molar-refractivity contribution is 7.21. The summed E-state index contributed by atoms with van der Waals surface area (Å²) in [5, 5.41) is 3.83. The largest absolute Gasteiger partial charge is 0.397 e. The molecule has 3 rings (SSSR count). The van der Waals surface area contributed by atoms with Crippen molar-refractivity contribution in [2.45, 2.75) is 13.0 Å². The number of hydrogen-bond acceptors (Lipinski definition) is 5. The first-order valence-corrected chi connectivity index (χ1v) is 7.31. The molecule has 0 aliphatic rings. The van der Waals surface area contributed by atoms with Gasteiger partial charge in [-0.2, -0.15) is 0 Å². The highest BCUT2D eigenvalue weighted by Crippen LogP contribution is 2.33. The number of carbonyl (C=O) groups excluding carboxylic acids is 1. The van der Waals surface area contributed by atoms with Gasteiger partial charge in [0.25, 0.3) is 5.91 Å². The smallest absolute Gasteiger partial charge is 0.263 e. The Labute approximate surface area is 125 Å². The maximum atomic E-state index is 12.4. The van der Waals surface area contributed by atoms with Gasteiger partial charge >= 0.3 is 0 Å². The molecule has 0 aromatic carbocycles. The van der Waals surface area contributed by atoms with Crippen LogP contribution in [0.4, 0.5) is 5.69 Å². The first-order chi connectivity index (χ1) is 10.2. The number of amides is 1. The number of carbonyl (C=O) groups is 1. The molecule has 21 heavy (non-hydrogen) atoms. The van der Waals surface area contributed by atoms with E-state index in [9.17, 15) is 4.79 Å². The molecule has 3 aromatic heterocycles. The standard InChI is InChI=1S/C15H14N4OS/c1-9(10-2-5-17-6-3-10)19-15(20)14-13(16)11-4-7-18-8-12(11)21-14/h2-9H,16H2,1H3,(H,19,20). The molecule has 0 bridgehead atoms. The molecule has 0 saturated carbocycles. The third-order valence-electron chi connectivity index (χ3n) is 3.29. The number of rotatable bonds is 3. The van der Waals surface area contributed by atoms with Crippen LogP contribution >= 0.6 is 11.3 Å². The van der Waals surface area contributed by atoms with Crippen LogP contribution in [0.1, 0.15) is 28.2 Å². The number of aromatic nitrogens is 2. The Kier molecular flexibility index (Phi) is 3.53. The van der Waals surface area contributed by atoms with Gasteiger partial charge < -0.3 is 11.1 Å². The van der Waals surface area contributed by atoms with Crippen molar-refractivity contribution < 1.29 is 4.79 Å². The summed E-state index contributed by atoms with van der Waals surface area (Å²) in [6, 6.07) is 5.47. The van der Waals surface area contributed by atoms with Crippen molar-refractivity contribution in [3.05, 3.63) is 53.4 Å². The number of pyridine rings is 2. The van der Waals surface area contributed by atoms with Gasteiger partial charge in [-0.05, 0) is 30.7 Å². The number of nitrogens with two attached hydrogens (primary N) is 1. The molecule has 3 N–H and O–H groups in total. The summed E-state index contributed by atoms with van der Waals surface area (Å²) in [5.74, 6) is -0.169. The predicted octanol–water partition coefficient (Wildman–Crippen LogP) is 2.76. The fourth-order valence-corrected chi connectivity index (χ4v) is 3.13. The Morgan fingerprint density at radius 2 is 1.95 bits per heavy atom. The zero-order valence-electron chi connectivity index (χ0n) is 11.4. The topological polar surface area (TPSA) is 80.9 Å². The molecule has 1 amide bonds. The molecule has 3 aromatic rings. The van der Waals surface area contributed by atoms with Crippen molar-refractivity contribution in [2.75, 3.05) is 5.73 Å². The van der Waals surface area contributed by atoms with Crippen molar-refractivity contribution in [2.24, 2.45) is 0 Å². The van der Waals surface area contributed by atoms with E-state index in [0.29, 0.717) is 10.6 Å². The lowest BCUT2D eigenvalue weighted by Crippen LogP contribution is -2.26. The van der Waals surface area contributed by atoms with Gasteiger partial charge in [0, 0.05) is 30.2 Å². The van der Waals surface area contributed by atoms with E-state index in [1.54, 1.807) is 24.8 Å². The predicted molar refractivity (Wildman–Crippen MR) is 84.2 cm³/mol. The van der Waals surface area contributed by atoms with E-state index in [4.69, 9.17) is 5.73 Å². The van der Waals surface area contributed by atoms with E-state index in [0.717, 1.165) is 15.6 Å². The first-order valence-electron chi connectivity index (χ1n) is 6.49. The molecule has 0 aliphatic heterocycles. The molecule has 6 heteroatoms. The minimum atomic E-state index is -0.169. The van der Waals surface area contributed by atoms with Gasteiger partial charge in [-0.3, -0.25) is 14.8 Å². The molecule has 3 heterocycles. The van der Waals surface area contributed by atoms with Gasteiger partial charge in [0.05, 0.1) is 16.4 Å². The third kappa shape index (κ3) is 2.57. The highest BCUT2D eigenvalue weighted by atomic mass is 32.1. The van der Waals surface area contributed by atoms with Gasteiger partial charge in [-0.25, -0.2) is 0 Å². The highest BCUT2D eigenvalue weighted by Gasteiger charge is 2.18. The fourth-order valence-electron chi connectivity index (χ4n) is 2.14. The lowest BCUT2D eigenvalue weighted by atomic mass is 10.1. The second-order valence-electron chi connectivity index (χ2n) is 4.69. The SMILES string of the molecule is CC(NC(=O)c1sc2cnccc2c1N)c1ccncc1. The van der Waals surface area contributed by atoms with Crippen molar-refractivity contribution >= 4 is 33.0 Å². The second-order valence-corrected chi connectivity index (χ2v) is 5.74. The third-order valence-corrected chi connectivity index (χ3v) is 4.45. The van der Waals surface area contributed by atoms with E-state index in [2.05, 4.69) is 15.3 Å². The molecular weight excluding hydrogens is 284 g/mol. The van der Waals surface area contributed by atoms with Gasteiger partial charge in [0.2, 0.25) is 0 Å². The van der Waals surface area contributed by atoms with Crippen LogP contribution in [0.25, 0.3) is 10.1 Å². The van der Waals surface area contributed by atoms with Gasteiger partial charge in [0.15, 0.2) is 0 Å². The summed E-state index contributed by atoms with van der Waals surface area (Å²) in [7, 11) is 0. The van der Waals surface area contributed by atoms with Crippen LogP contribution < -0.4 is 11.1 Å². The molecule has 0 aliphatic carbocycles. The molecule has 0 fully saturated rings. The number of thiophene rings is 1. The normalized spacial score (nSPS) is 12.2. The van der Waals surface area contributed by atoms with E-state index in [1.807, 2.05) is 25.1 Å². The van der Waals surface area contributed by atoms with E-state index >= 15 is 0 Å². The van der Waals surface area contributed by atoms with Crippen LogP contribution in [0, 0.1) is 0 Å². The molecule has 5 nitrogen and oxygen atoms in total. The number of fused-ring (bicyclic) bond motifs is 1. The van der Waals surface area contributed by atoms with Crippen LogP contribution in [0.3, 0.4) is 0 Å². The van der Waals surface area contributed by atoms with Gasteiger partial charge in [0.1, 0.15) is 4.88 Å². The summed E-state index contributed by atoms with van der Waals surface area (Å²) in [5.41, 5.74) is 7.58. The summed E-state index contributed by atoms with van der Waals surface area (Å²) >= 11 is 1.36. The minimum Gasteiger partial charge on any atom is -0.397 e. The van der Waals surface area contributed by atoms with E-state index in [-0.39, 0.29) is 11.9 Å². The van der Waals surface area contributed by atoms with Crippen molar-refractivity contribution in [3.63, 3.8) is 0 Å². The Bertz CT molecular complexity index is 785. The minimum absolute atomic E-state index is 0.108. The zero-order chi connectivity index (χ0) is 14.8. The Balaban J connectivity index is 1.86. The second kappa shape index (κ2) is 5.49. The lowest BCUT2D eigenvalue weighted by Gasteiger charge is -2.13. The number of nitrogens with one attached hydrogen (secondary N) is 1. The molecule has 0 radical (unpaired) electrons. The van der Waals surface area contributed by atoms with Crippen molar-refractivity contribution in [3.8, 4) is 0 Å². The Hall–Kier alpha value is -2.47. The average Bonchev–Trinajstić information content (AvgIpc) is 2.86. The molecule has 1 unspecified atom stereocenters. The monoisotopic (exact) mass is 298 g/mol. The fraction of sp³-hybridized carbons (Fsp3) is 0.133. The van der Waals surface area contributed by atoms with E-state index < -0.39 is 0 Å². The molecule has 0 spiro atoms. The summed E-state index contributed by atoms with van der Waals surface area (Å²) in [6.07, 6.45) is 6.81. The Morgan fingerprint density at radius 1 is 1.24 bits per heavy atom. The zero-order valence-corrected chi connectivity index (χ0v) is 12.2. The van der Waals surface area contributed by atoms with Gasteiger partial charge in [-0.1, -0.05) is 0 Å². The lowest BCUT2D eigenvalue weighted by molar-refractivity contribution is 0.0945. The van der Waals surface area contributed by atoms with E-state index in [1.165, 1.54) is 11.3 Å². The van der Waals surface area contributed by atoms with Crippen molar-refractivity contribution in [1.82, 2.24) is 15.3 Å². The first kappa shape index (κ1) is 13.5. The van der Waals surface area contributed by atoms with Gasteiger partial charge in [-0.15, -0.1) is 11.3 Å².